The molecule has 0 aliphatic heterocycles. The molecule has 20 heavy (non-hydrogen) atoms. The number of benzene rings is 1. The largest absolute Gasteiger partial charge is 0.497 e. The van der Waals surface area contributed by atoms with Crippen molar-refractivity contribution in [3.63, 3.8) is 0 Å². The fraction of sp³-hybridized carbons (Fsp3) is 0.231. The first-order valence-electron chi connectivity index (χ1n) is 6.05. The highest BCUT2D eigenvalue weighted by Crippen LogP contribution is 2.33. The molecule has 1 N–H and O–H groups in total. The lowest BCUT2D eigenvalue weighted by Crippen LogP contribution is -2.06. The van der Waals surface area contributed by atoms with Crippen LogP contribution in [-0.2, 0) is 0 Å². The summed E-state index contributed by atoms with van der Waals surface area (Å²) in [7, 11) is 1.54. The second-order valence-corrected chi connectivity index (χ2v) is 3.94. The van der Waals surface area contributed by atoms with Gasteiger partial charge in [-0.25, -0.2) is 9.97 Å². The zero-order valence-corrected chi connectivity index (χ0v) is 11.2. The molecule has 1 aromatic heterocycles. The second kappa shape index (κ2) is 5.96. The minimum atomic E-state index is -0.479. The molecule has 0 saturated carbocycles. The topological polar surface area (TPSA) is 90.2 Å². The molecule has 1 heterocycles. The Kier molecular flexibility index (Phi) is 4.09. The zero-order chi connectivity index (χ0) is 14.5. The van der Waals surface area contributed by atoms with Gasteiger partial charge in [-0.05, 0) is 19.1 Å². The van der Waals surface area contributed by atoms with E-state index in [0.29, 0.717) is 17.9 Å². The summed E-state index contributed by atoms with van der Waals surface area (Å²) in [5.41, 5.74) is 0.736. The lowest BCUT2D eigenvalue weighted by Gasteiger charge is -2.08. The fourth-order valence-corrected chi connectivity index (χ4v) is 1.83. The third kappa shape index (κ3) is 2.66. The average molecular weight is 274 g/mol. The number of nitrogens with zero attached hydrogens (tertiary/aromatic N) is 3. The van der Waals surface area contributed by atoms with E-state index in [4.69, 9.17) is 4.74 Å². The molecule has 0 aliphatic carbocycles. The van der Waals surface area contributed by atoms with Crippen LogP contribution < -0.4 is 10.1 Å². The number of methoxy groups -OCH3 is 1. The van der Waals surface area contributed by atoms with Crippen LogP contribution in [0.4, 0.5) is 11.5 Å². The lowest BCUT2D eigenvalue weighted by atomic mass is 10.1. The number of hydrogen-bond donors (Lipinski definition) is 1. The van der Waals surface area contributed by atoms with Gasteiger partial charge in [-0.1, -0.05) is 12.1 Å². The SMILES string of the molecule is CCNc1ncnc(-c2cccc(OC)c2)c1[N+](=O)[O-]. The van der Waals surface area contributed by atoms with Crippen molar-refractivity contribution in [3.8, 4) is 17.0 Å². The molecule has 2 aromatic rings. The molecule has 0 amide bonds. The van der Waals surface area contributed by atoms with Crippen LogP contribution in [0.25, 0.3) is 11.3 Å². The molecule has 0 spiro atoms. The van der Waals surface area contributed by atoms with E-state index in [1.54, 1.807) is 24.3 Å². The number of nitro groups is 1. The number of hydrogen-bond acceptors (Lipinski definition) is 6. The second-order valence-electron chi connectivity index (χ2n) is 3.94. The summed E-state index contributed by atoms with van der Waals surface area (Å²) < 4.78 is 5.13. The maximum Gasteiger partial charge on any atom is 0.337 e. The van der Waals surface area contributed by atoms with E-state index < -0.39 is 4.92 Å². The Morgan fingerprint density at radius 3 is 2.85 bits per heavy atom. The van der Waals surface area contributed by atoms with Crippen molar-refractivity contribution in [1.29, 1.82) is 0 Å². The van der Waals surface area contributed by atoms with Gasteiger partial charge in [-0.2, -0.15) is 0 Å². The van der Waals surface area contributed by atoms with E-state index in [9.17, 15) is 10.1 Å². The Balaban J connectivity index is 2.60. The first-order valence-corrected chi connectivity index (χ1v) is 6.05. The van der Waals surface area contributed by atoms with Gasteiger partial charge < -0.3 is 10.1 Å². The summed E-state index contributed by atoms with van der Waals surface area (Å²) in [6, 6.07) is 6.97. The molecule has 104 valence electrons. The minimum absolute atomic E-state index is 0.136. The van der Waals surface area contributed by atoms with Crippen LogP contribution in [0.1, 0.15) is 6.92 Å². The molecule has 7 nitrogen and oxygen atoms in total. The molecule has 0 atom stereocenters. The maximum atomic E-state index is 11.3. The van der Waals surface area contributed by atoms with Crippen molar-refractivity contribution in [1.82, 2.24) is 9.97 Å². The van der Waals surface area contributed by atoms with Crippen LogP contribution in [0, 0.1) is 10.1 Å². The van der Waals surface area contributed by atoms with Crippen LogP contribution in [0.15, 0.2) is 30.6 Å². The Labute approximate surface area is 115 Å². The smallest absolute Gasteiger partial charge is 0.337 e. The Hall–Kier alpha value is -2.70. The minimum Gasteiger partial charge on any atom is -0.497 e. The van der Waals surface area contributed by atoms with E-state index in [2.05, 4.69) is 15.3 Å². The maximum absolute atomic E-state index is 11.3. The first kappa shape index (κ1) is 13.7. The number of rotatable bonds is 5. The van der Waals surface area contributed by atoms with Crippen molar-refractivity contribution in [2.75, 3.05) is 19.0 Å². The zero-order valence-electron chi connectivity index (χ0n) is 11.2. The van der Waals surface area contributed by atoms with Gasteiger partial charge in [0.1, 0.15) is 12.1 Å². The van der Waals surface area contributed by atoms with Crippen molar-refractivity contribution in [2.24, 2.45) is 0 Å². The van der Waals surface area contributed by atoms with E-state index in [0.717, 1.165) is 0 Å². The summed E-state index contributed by atoms with van der Waals surface area (Å²) in [6.07, 6.45) is 1.31. The Bertz CT molecular complexity index is 631. The molecule has 0 fully saturated rings. The molecular weight excluding hydrogens is 260 g/mol. The van der Waals surface area contributed by atoms with Crippen molar-refractivity contribution in [3.05, 3.63) is 40.7 Å². The van der Waals surface area contributed by atoms with E-state index in [1.807, 2.05) is 6.92 Å². The highest BCUT2D eigenvalue weighted by Gasteiger charge is 2.23. The van der Waals surface area contributed by atoms with Crippen LogP contribution in [0.2, 0.25) is 0 Å². The third-order valence-electron chi connectivity index (χ3n) is 2.69. The van der Waals surface area contributed by atoms with E-state index >= 15 is 0 Å². The fourth-order valence-electron chi connectivity index (χ4n) is 1.83. The predicted octanol–water partition coefficient (Wildman–Crippen LogP) is 2.49. The van der Waals surface area contributed by atoms with Crippen LogP contribution >= 0.6 is 0 Å². The number of nitrogens with one attached hydrogen (secondary N) is 1. The summed E-state index contributed by atoms with van der Waals surface area (Å²) in [5.74, 6) is 0.825. The monoisotopic (exact) mass is 274 g/mol. The number of ether oxygens (including phenoxy) is 1. The van der Waals surface area contributed by atoms with Gasteiger partial charge in [0, 0.05) is 12.1 Å². The summed E-state index contributed by atoms with van der Waals surface area (Å²) in [5, 5.41) is 14.2. The van der Waals surface area contributed by atoms with E-state index in [1.165, 1.54) is 13.4 Å². The number of aromatic nitrogens is 2. The molecule has 2 rings (SSSR count). The molecule has 7 heteroatoms. The Morgan fingerprint density at radius 1 is 1.40 bits per heavy atom. The summed E-state index contributed by atoms with van der Waals surface area (Å²) in [4.78, 5) is 18.8. The molecule has 0 unspecified atom stereocenters. The van der Waals surface area contributed by atoms with Crippen LogP contribution in [-0.4, -0.2) is 28.5 Å². The van der Waals surface area contributed by atoms with Gasteiger partial charge in [0.25, 0.3) is 0 Å². The van der Waals surface area contributed by atoms with Crippen LogP contribution in [0.5, 0.6) is 5.75 Å². The highest BCUT2D eigenvalue weighted by molar-refractivity contribution is 5.77. The molecule has 0 saturated heterocycles. The van der Waals surface area contributed by atoms with Crippen molar-refractivity contribution in [2.45, 2.75) is 6.92 Å². The molecule has 1 aromatic carbocycles. The predicted molar refractivity (Wildman–Crippen MR) is 74.8 cm³/mol. The third-order valence-corrected chi connectivity index (χ3v) is 2.69. The van der Waals surface area contributed by atoms with Gasteiger partial charge in [0.2, 0.25) is 5.82 Å². The first-order chi connectivity index (χ1) is 9.67. The summed E-state index contributed by atoms with van der Waals surface area (Å²) in [6.45, 7) is 2.38. The average Bonchev–Trinajstić information content (AvgIpc) is 2.47. The molecular formula is C13H14N4O3. The molecule has 0 radical (unpaired) electrons. The van der Waals surface area contributed by atoms with Gasteiger partial charge >= 0.3 is 5.69 Å². The number of anilines is 1. The normalized spacial score (nSPS) is 10.1. The van der Waals surface area contributed by atoms with Gasteiger partial charge in [0.05, 0.1) is 12.0 Å². The van der Waals surface area contributed by atoms with Gasteiger partial charge in [-0.3, -0.25) is 10.1 Å². The molecule has 0 aliphatic rings. The van der Waals surface area contributed by atoms with Gasteiger partial charge in [-0.15, -0.1) is 0 Å². The highest BCUT2D eigenvalue weighted by atomic mass is 16.6. The van der Waals surface area contributed by atoms with Crippen LogP contribution in [0.3, 0.4) is 0 Å². The standard InChI is InChI=1S/C13H14N4O3/c1-3-14-13-12(17(18)19)11(15-8-16-13)9-5-4-6-10(7-9)20-2/h4-8H,3H2,1-2H3,(H,14,15,16). The quantitative estimate of drug-likeness (QED) is 0.665. The van der Waals surface area contributed by atoms with Crippen molar-refractivity contribution < 1.29 is 9.66 Å². The summed E-state index contributed by atoms with van der Waals surface area (Å²) >= 11 is 0. The lowest BCUT2D eigenvalue weighted by molar-refractivity contribution is -0.383. The van der Waals surface area contributed by atoms with E-state index in [-0.39, 0.29) is 17.2 Å². The Morgan fingerprint density at radius 2 is 2.20 bits per heavy atom. The van der Waals surface area contributed by atoms with Gasteiger partial charge in [0.15, 0.2) is 5.69 Å². The molecule has 0 bridgehead atoms. The van der Waals surface area contributed by atoms with Crippen molar-refractivity contribution >= 4 is 11.5 Å².